The zero-order valence-electron chi connectivity index (χ0n) is 43.9. The van der Waals surface area contributed by atoms with Crippen LogP contribution in [-0.2, 0) is 28.6 Å². The number of H-pyrrole nitrogens is 3. The highest BCUT2D eigenvalue weighted by molar-refractivity contribution is 5.88. The molecular formula is C54H66N12O9. The van der Waals surface area contributed by atoms with Crippen LogP contribution >= 0.6 is 0 Å². The number of carbonyl (C=O) groups excluding carboxylic acids is 6. The van der Waals surface area contributed by atoms with E-state index in [9.17, 15) is 28.8 Å². The molecule has 396 valence electrons. The molecule has 0 saturated carbocycles. The van der Waals surface area contributed by atoms with Gasteiger partial charge in [0, 0.05) is 36.3 Å². The number of hydrogen-bond acceptors (Lipinski definition) is 12. The summed E-state index contributed by atoms with van der Waals surface area (Å²) in [4.78, 5) is 107. The van der Waals surface area contributed by atoms with Crippen molar-refractivity contribution in [1.29, 1.82) is 0 Å². The summed E-state index contributed by atoms with van der Waals surface area (Å²) in [6, 6.07) is 2.21. The lowest BCUT2D eigenvalue weighted by Crippen LogP contribution is -2.51. The minimum atomic E-state index is -0.770. The standard InChI is InChI=1S/C54H66N12O9/c1-31(2)43(61-52(70)73-7)49(67)64-22-10-13-40(64)46-55-28-37(58-46)19-16-34-25-35(17-20-38-29-56-47(59-38)41-14-11-23-65(41)50(68)44(32(3)4)62-53(71)74-8)27-36(26-34)18-21-39-30-57-48(60-39)42-15-12-24-66(42)51(69)45(33(5)6)63-54(72)75-9/h25-33,40-45H,10-15,22-24H2,1-9H3,(H,55,58)(H,56,59)(H,57,60)(H,61,70)(H,62,71)(H,63,72)/t40-,41-,42-,43-,44-,45-/m0/s1. The van der Waals surface area contributed by atoms with Gasteiger partial charge in [-0.1, -0.05) is 59.3 Å². The van der Waals surface area contributed by atoms with E-state index < -0.39 is 36.4 Å². The largest absolute Gasteiger partial charge is 0.453 e. The van der Waals surface area contributed by atoms with Gasteiger partial charge < -0.3 is 59.8 Å². The molecule has 21 nitrogen and oxygen atoms in total. The topological polar surface area (TPSA) is 262 Å². The van der Waals surface area contributed by atoms with Crippen molar-refractivity contribution in [2.45, 2.75) is 116 Å². The van der Waals surface area contributed by atoms with Gasteiger partial charge in [0.1, 0.15) is 52.7 Å². The van der Waals surface area contributed by atoms with E-state index in [1.165, 1.54) is 21.3 Å². The average Bonchev–Trinajstić information content (AvgIpc) is 4.26. The van der Waals surface area contributed by atoms with Gasteiger partial charge in [-0.25, -0.2) is 29.3 Å². The number of carbonyl (C=O) groups is 6. The molecule has 0 spiro atoms. The second-order valence-electron chi connectivity index (χ2n) is 19.7. The third-order valence-corrected chi connectivity index (χ3v) is 13.5. The van der Waals surface area contributed by atoms with E-state index in [1.54, 1.807) is 33.3 Å². The molecule has 6 atom stereocenters. The molecule has 6 heterocycles. The summed E-state index contributed by atoms with van der Waals surface area (Å²) in [5.41, 5.74) is 3.38. The van der Waals surface area contributed by atoms with Gasteiger partial charge in [0.05, 0.1) is 58.0 Å². The number of imidazole rings is 3. The maximum atomic E-state index is 13.7. The van der Waals surface area contributed by atoms with Crippen molar-refractivity contribution in [3.8, 4) is 35.5 Å². The lowest BCUT2D eigenvalue weighted by atomic mass is 10.0. The fourth-order valence-electron chi connectivity index (χ4n) is 9.55. The highest BCUT2D eigenvalue weighted by atomic mass is 16.5. The maximum absolute atomic E-state index is 13.7. The molecule has 3 aliphatic rings. The second-order valence-corrected chi connectivity index (χ2v) is 19.7. The van der Waals surface area contributed by atoms with Crippen molar-refractivity contribution in [2.24, 2.45) is 17.8 Å². The molecule has 3 aliphatic heterocycles. The highest BCUT2D eigenvalue weighted by Crippen LogP contribution is 2.34. The maximum Gasteiger partial charge on any atom is 0.407 e. The number of rotatable bonds is 12. The Morgan fingerprint density at radius 2 is 0.747 bits per heavy atom. The first-order valence-corrected chi connectivity index (χ1v) is 25.3. The van der Waals surface area contributed by atoms with Gasteiger partial charge in [-0.05, 0) is 92.2 Å². The number of methoxy groups -OCH3 is 3. The average molecular weight is 1030 g/mol. The molecule has 3 aromatic heterocycles. The van der Waals surface area contributed by atoms with Crippen LogP contribution in [0.15, 0.2) is 36.8 Å². The van der Waals surface area contributed by atoms with Crippen LogP contribution < -0.4 is 16.0 Å². The molecule has 1 aromatic carbocycles. The van der Waals surface area contributed by atoms with Crippen LogP contribution in [0.2, 0.25) is 0 Å². The van der Waals surface area contributed by atoms with Crippen LogP contribution in [0.5, 0.6) is 0 Å². The molecule has 6 amide bonds. The Balaban J connectivity index is 1.15. The molecular weight excluding hydrogens is 961 g/mol. The SMILES string of the molecule is COC(=O)N[C@H](C(=O)N1CCC[C@H]1c1ncc(C#Cc2cc(C#Cc3cnc([C@@H]4CCCN4C(=O)[C@@H](NC(=O)OC)C(C)C)[nH]3)cc(C#Cc3cnc([C@@H]4CCCN4C(=O)[C@@H](NC(=O)OC)C(C)C)[nH]3)c2)[nH]1)C(C)C. The van der Waals surface area contributed by atoms with Gasteiger partial charge >= 0.3 is 18.3 Å². The zero-order chi connectivity index (χ0) is 53.9. The fraction of sp³-hybridized carbons (Fsp3) is 0.500. The van der Waals surface area contributed by atoms with Gasteiger partial charge in [0.25, 0.3) is 0 Å². The molecule has 75 heavy (non-hydrogen) atoms. The predicted molar refractivity (Wildman–Crippen MR) is 274 cm³/mol. The van der Waals surface area contributed by atoms with Crippen LogP contribution in [0.3, 0.4) is 0 Å². The molecule has 6 N–H and O–H groups in total. The Morgan fingerprint density at radius 3 is 0.987 bits per heavy atom. The number of likely N-dealkylation sites (tertiary alicyclic amines) is 3. The summed E-state index contributed by atoms with van der Waals surface area (Å²) in [7, 11) is 3.78. The van der Waals surface area contributed by atoms with Gasteiger partial charge in [-0.15, -0.1) is 0 Å². The Morgan fingerprint density at radius 1 is 0.480 bits per heavy atom. The molecule has 0 unspecified atom stereocenters. The normalized spacial score (nSPS) is 18.2. The molecule has 7 rings (SSSR count). The molecule has 0 bridgehead atoms. The number of ether oxygens (including phenoxy) is 3. The van der Waals surface area contributed by atoms with Crippen LogP contribution in [0.25, 0.3) is 0 Å². The van der Waals surface area contributed by atoms with Crippen LogP contribution in [0.4, 0.5) is 14.4 Å². The van der Waals surface area contributed by atoms with Crippen LogP contribution in [-0.4, -0.2) is 140 Å². The first-order chi connectivity index (χ1) is 36.0. The van der Waals surface area contributed by atoms with Crippen molar-refractivity contribution >= 4 is 36.0 Å². The highest BCUT2D eigenvalue weighted by Gasteiger charge is 2.40. The number of aromatic nitrogens is 6. The molecule has 21 heteroatoms. The van der Waals surface area contributed by atoms with Gasteiger partial charge in [-0.3, -0.25) is 14.4 Å². The van der Waals surface area contributed by atoms with Crippen LogP contribution in [0.1, 0.15) is 149 Å². The van der Waals surface area contributed by atoms with Crippen molar-refractivity contribution < 1.29 is 43.0 Å². The summed E-state index contributed by atoms with van der Waals surface area (Å²) in [6.45, 7) is 12.7. The molecule has 3 saturated heterocycles. The van der Waals surface area contributed by atoms with Crippen LogP contribution in [0, 0.1) is 53.3 Å². The minimum Gasteiger partial charge on any atom is -0.453 e. The Labute approximate surface area is 436 Å². The van der Waals surface area contributed by atoms with Gasteiger partial charge in [0.2, 0.25) is 17.7 Å². The number of nitrogens with one attached hydrogen (secondary N) is 6. The van der Waals surface area contributed by atoms with Crippen molar-refractivity contribution in [3.05, 3.63) is 88.0 Å². The summed E-state index contributed by atoms with van der Waals surface area (Å²) >= 11 is 0. The van der Waals surface area contributed by atoms with E-state index in [0.717, 1.165) is 19.3 Å². The summed E-state index contributed by atoms with van der Waals surface area (Å²) in [5.74, 6) is 19.8. The van der Waals surface area contributed by atoms with E-state index in [-0.39, 0.29) is 53.6 Å². The third-order valence-electron chi connectivity index (χ3n) is 13.5. The number of nitrogens with zero attached hydrogens (tertiary/aromatic N) is 6. The fourth-order valence-corrected chi connectivity index (χ4v) is 9.55. The Hall–Kier alpha value is -8.25. The Kier molecular flexibility index (Phi) is 17.9. The Bertz CT molecular complexity index is 2620. The number of amides is 6. The predicted octanol–water partition coefficient (Wildman–Crippen LogP) is 5.19. The molecule has 0 aliphatic carbocycles. The molecule has 3 fully saturated rings. The van der Waals surface area contributed by atoms with E-state index in [4.69, 9.17) is 14.2 Å². The van der Waals surface area contributed by atoms with Crippen molar-refractivity contribution in [2.75, 3.05) is 41.0 Å². The van der Waals surface area contributed by atoms with E-state index >= 15 is 0 Å². The number of hydrogen-bond donors (Lipinski definition) is 6. The van der Waals surface area contributed by atoms with Gasteiger partial charge in [0.15, 0.2) is 0 Å². The summed E-state index contributed by atoms with van der Waals surface area (Å²) in [5, 5.41) is 8.03. The number of alkyl carbamates (subject to hydrolysis) is 3. The molecule has 4 aromatic rings. The third kappa shape index (κ3) is 13.3. The lowest BCUT2D eigenvalue weighted by Gasteiger charge is -2.29. The number of benzene rings is 1. The van der Waals surface area contributed by atoms with E-state index in [0.29, 0.717) is 90.1 Å². The first kappa shape index (κ1) is 54.5. The second kappa shape index (κ2) is 24.6. The minimum absolute atomic E-state index is 0.177. The van der Waals surface area contributed by atoms with Crippen molar-refractivity contribution in [1.82, 2.24) is 60.6 Å². The lowest BCUT2D eigenvalue weighted by molar-refractivity contribution is -0.136. The zero-order valence-corrected chi connectivity index (χ0v) is 43.9. The smallest absolute Gasteiger partial charge is 0.407 e. The summed E-state index contributed by atoms with van der Waals surface area (Å²) < 4.78 is 14.3. The van der Waals surface area contributed by atoms with Crippen molar-refractivity contribution in [3.63, 3.8) is 0 Å². The molecule has 0 radical (unpaired) electrons. The number of aromatic amines is 3. The quantitative estimate of drug-likeness (QED) is 0.0792. The van der Waals surface area contributed by atoms with E-state index in [2.05, 4.69) is 81.4 Å². The monoisotopic (exact) mass is 1030 g/mol. The van der Waals surface area contributed by atoms with Gasteiger partial charge in [-0.2, -0.15) is 0 Å². The van der Waals surface area contributed by atoms with E-state index in [1.807, 2.05) is 59.7 Å². The summed E-state index contributed by atoms with van der Waals surface area (Å²) in [6.07, 6.45) is 7.19. The first-order valence-electron chi connectivity index (χ1n) is 25.3.